The molecule has 2 aromatic heterocycles. The van der Waals surface area contributed by atoms with Crippen molar-refractivity contribution in [3.63, 3.8) is 0 Å². The number of hydrogen-bond donors (Lipinski definition) is 3. The van der Waals surface area contributed by atoms with Crippen molar-refractivity contribution >= 4 is 29.5 Å². The fraction of sp³-hybridized carbons (Fsp3) is 0.571. The second kappa shape index (κ2) is 9.69. The van der Waals surface area contributed by atoms with Gasteiger partial charge in [-0.05, 0) is 45.1 Å². The van der Waals surface area contributed by atoms with Crippen LogP contribution >= 0.6 is 11.3 Å². The molecule has 3 aliphatic rings. The molecule has 166 valence electrons. The molecule has 0 spiro atoms. The highest BCUT2D eigenvalue weighted by Gasteiger charge is 2.51. The van der Waals surface area contributed by atoms with Crippen LogP contribution in [0, 0.1) is 0 Å². The maximum Gasteiger partial charge on any atom is 0.290 e. The minimum absolute atomic E-state index is 0.144. The SMILES string of the molecule is O=C(NCc1cscn1)[C@@]12CCCCN1C[C@@H](Nc1cc(C3CC3)ncn1)C2.O=CO. The molecule has 0 unspecified atom stereocenters. The lowest BCUT2D eigenvalue weighted by molar-refractivity contribution is -0.134. The molecule has 1 amide bonds. The van der Waals surface area contributed by atoms with Gasteiger partial charge >= 0.3 is 0 Å². The molecule has 0 bridgehead atoms. The summed E-state index contributed by atoms with van der Waals surface area (Å²) in [5, 5.41) is 15.6. The summed E-state index contributed by atoms with van der Waals surface area (Å²) in [6, 6.07) is 2.31. The third-order valence-corrected chi connectivity index (χ3v) is 6.91. The lowest BCUT2D eigenvalue weighted by Crippen LogP contribution is -2.57. The zero-order chi connectivity index (χ0) is 21.7. The Kier molecular flexibility index (Phi) is 6.77. The highest BCUT2D eigenvalue weighted by molar-refractivity contribution is 7.07. The number of fused-ring (bicyclic) bond motifs is 1. The van der Waals surface area contributed by atoms with E-state index in [0.717, 1.165) is 56.0 Å². The molecule has 5 rings (SSSR count). The largest absolute Gasteiger partial charge is 0.483 e. The van der Waals surface area contributed by atoms with Gasteiger partial charge in [-0.25, -0.2) is 15.0 Å². The monoisotopic (exact) mass is 444 g/mol. The van der Waals surface area contributed by atoms with Crippen LogP contribution in [0.5, 0.6) is 0 Å². The Morgan fingerprint density at radius 3 is 2.90 bits per heavy atom. The summed E-state index contributed by atoms with van der Waals surface area (Å²) in [6.45, 7) is 2.12. The van der Waals surface area contributed by atoms with Crippen LogP contribution in [-0.2, 0) is 16.1 Å². The highest BCUT2D eigenvalue weighted by atomic mass is 32.1. The quantitative estimate of drug-likeness (QED) is 0.580. The number of carbonyl (C=O) groups is 2. The van der Waals surface area contributed by atoms with Crippen LogP contribution in [0.4, 0.5) is 5.82 Å². The van der Waals surface area contributed by atoms with E-state index in [0.29, 0.717) is 12.5 Å². The first-order valence-corrected chi connectivity index (χ1v) is 11.7. The van der Waals surface area contributed by atoms with Crippen LogP contribution in [0.15, 0.2) is 23.3 Å². The Hall–Kier alpha value is -2.59. The molecule has 3 fully saturated rings. The number of nitrogens with zero attached hydrogens (tertiary/aromatic N) is 4. The Balaban J connectivity index is 0.000000730. The van der Waals surface area contributed by atoms with E-state index in [1.807, 2.05) is 5.38 Å². The van der Waals surface area contributed by atoms with Crippen LogP contribution in [-0.4, -0.2) is 62.0 Å². The van der Waals surface area contributed by atoms with E-state index >= 15 is 0 Å². The maximum atomic E-state index is 13.2. The fourth-order valence-corrected chi connectivity index (χ4v) is 5.26. The van der Waals surface area contributed by atoms with Gasteiger partial charge in [-0.3, -0.25) is 14.5 Å². The predicted octanol–water partition coefficient (Wildman–Crippen LogP) is 2.24. The third-order valence-electron chi connectivity index (χ3n) is 6.27. The van der Waals surface area contributed by atoms with Crippen LogP contribution in [0.1, 0.15) is 55.8 Å². The molecule has 2 atom stereocenters. The molecule has 2 saturated heterocycles. The highest BCUT2D eigenvalue weighted by Crippen LogP contribution is 2.41. The molecule has 10 heteroatoms. The summed E-state index contributed by atoms with van der Waals surface area (Å²) in [6.07, 6.45) is 8.13. The fourth-order valence-electron chi connectivity index (χ4n) is 4.70. The second-order valence-electron chi connectivity index (χ2n) is 8.35. The summed E-state index contributed by atoms with van der Waals surface area (Å²) >= 11 is 1.56. The first-order chi connectivity index (χ1) is 15.1. The molecule has 1 saturated carbocycles. The van der Waals surface area contributed by atoms with Crippen molar-refractivity contribution < 1.29 is 14.7 Å². The topological polar surface area (TPSA) is 120 Å². The summed E-state index contributed by atoms with van der Waals surface area (Å²) in [5.41, 5.74) is 3.47. The number of amides is 1. The zero-order valence-corrected chi connectivity index (χ0v) is 18.2. The van der Waals surface area contributed by atoms with Gasteiger partial charge in [0.05, 0.1) is 17.7 Å². The van der Waals surface area contributed by atoms with Crippen molar-refractivity contribution in [2.45, 2.75) is 62.6 Å². The Bertz CT molecular complexity index is 891. The number of anilines is 1. The number of carboxylic acid groups (broad SMARTS) is 1. The number of thiazole rings is 1. The number of rotatable bonds is 6. The molecular formula is C21H28N6O3S. The summed E-state index contributed by atoms with van der Waals surface area (Å²) in [4.78, 5) is 37.1. The number of aromatic nitrogens is 3. The normalized spacial score (nSPS) is 25.1. The molecule has 4 heterocycles. The van der Waals surface area contributed by atoms with Crippen LogP contribution in [0.3, 0.4) is 0 Å². The van der Waals surface area contributed by atoms with Crippen LogP contribution in [0.2, 0.25) is 0 Å². The Labute approximate surface area is 185 Å². The van der Waals surface area contributed by atoms with Gasteiger partial charge in [-0.15, -0.1) is 11.3 Å². The van der Waals surface area contributed by atoms with E-state index in [1.54, 1.807) is 23.2 Å². The Morgan fingerprint density at radius 1 is 1.32 bits per heavy atom. The van der Waals surface area contributed by atoms with Crippen molar-refractivity contribution in [3.8, 4) is 0 Å². The van der Waals surface area contributed by atoms with Crippen molar-refractivity contribution in [1.82, 2.24) is 25.2 Å². The molecular weight excluding hydrogens is 416 g/mol. The van der Waals surface area contributed by atoms with E-state index in [2.05, 4.69) is 36.6 Å². The molecule has 3 N–H and O–H groups in total. The van der Waals surface area contributed by atoms with E-state index in [-0.39, 0.29) is 18.4 Å². The number of hydrogen-bond acceptors (Lipinski definition) is 8. The van der Waals surface area contributed by atoms with Gasteiger partial charge < -0.3 is 15.7 Å². The van der Waals surface area contributed by atoms with Gasteiger partial charge in [0.15, 0.2) is 0 Å². The molecule has 31 heavy (non-hydrogen) atoms. The van der Waals surface area contributed by atoms with Gasteiger partial charge in [0.25, 0.3) is 6.47 Å². The van der Waals surface area contributed by atoms with Crippen molar-refractivity contribution in [2.24, 2.45) is 0 Å². The summed E-state index contributed by atoms with van der Waals surface area (Å²) in [7, 11) is 0. The van der Waals surface area contributed by atoms with Gasteiger partial charge in [-0.1, -0.05) is 0 Å². The van der Waals surface area contributed by atoms with Gasteiger partial charge in [-0.2, -0.15) is 0 Å². The number of piperidine rings is 1. The average molecular weight is 445 g/mol. The molecule has 0 radical (unpaired) electrons. The molecule has 0 aromatic carbocycles. The maximum absolute atomic E-state index is 13.2. The van der Waals surface area contributed by atoms with Gasteiger partial charge in [0.1, 0.15) is 17.7 Å². The zero-order valence-electron chi connectivity index (χ0n) is 17.4. The van der Waals surface area contributed by atoms with Crippen molar-refractivity contribution in [1.29, 1.82) is 0 Å². The lowest BCUT2D eigenvalue weighted by atomic mass is 9.84. The van der Waals surface area contributed by atoms with E-state index in [4.69, 9.17) is 9.90 Å². The Morgan fingerprint density at radius 2 is 2.16 bits per heavy atom. The first-order valence-electron chi connectivity index (χ1n) is 10.7. The number of carbonyl (C=O) groups excluding carboxylic acids is 1. The molecule has 2 aliphatic heterocycles. The summed E-state index contributed by atoms with van der Waals surface area (Å²) < 4.78 is 0. The summed E-state index contributed by atoms with van der Waals surface area (Å²) in [5.74, 6) is 1.65. The van der Waals surface area contributed by atoms with Crippen LogP contribution in [0.25, 0.3) is 0 Å². The second-order valence-corrected chi connectivity index (χ2v) is 9.07. The van der Waals surface area contributed by atoms with E-state index in [1.165, 1.54) is 12.8 Å². The standard InChI is InChI=1S/C20H26N6OS.CH2O2/c27-19(21-9-16-11-28-13-24-16)20-5-1-2-6-26(20)10-15(8-20)25-18-7-17(14-3-4-14)22-12-23-18;2-1-3/h7,11-15H,1-6,8-10H2,(H,21,27)(H,22,23,25);1H,(H,2,3)/t15-,20-;/m0./s1. The van der Waals surface area contributed by atoms with E-state index in [9.17, 15) is 4.79 Å². The van der Waals surface area contributed by atoms with Gasteiger partial charge in [0.2, 0.25) is 5.91 Å². The predicted molar refractivity (Wildman–Crippen MR) is 117 cm³/mol. The minimum Gasteiger partial charge on any atom is -0.483 e. The minimum atomic E-state index is -0.404. The first kappa shape index (κ1) is 21.6. The van der Waals surface area contributed by atoms with E-state index < -0.39 is 5.54 Å². The molecule has 1 aliphatic carbocycles. The van der Waals surface area contributed by atoms with Crippen LogP contribution < -0.4 is 10.6 Å². The number of nitrogens with one attached hydrogen (secondary N) is 2. The van der Waals surface area contributed by atoms with Gasteiger partial charge in [0, 0.05) is 35.6 Å². The molecule has 9 nitrogen and oxygen atoms in total. The van der Waals surface area contributed by atoms with Crippen molar-refractivity contribution in [2.75, 3.05) is 18.4 Å². The van der Waals surface area contributed by atoms with Crippen molar-refractivity contribution in [3.05, 3.63) is 34.7 Å². The smallest absolute Gasteiger partial charge is 0.290 e. The average Bonchev–Trinajstić information content (AvgIpc) is 3.36. The third kappa shape index (κ3) is 5.01. The molecule has 2 aromatic rings. The lowest BCUT2D eigenvalue weighted by Gasteiger charge is -2.40.